The van der Waals surface area contributed by atoms with Crippen molar-refractivity contribution in [3.63, 3.8) is 0 Å². The van der Waals surface area contributed by atoms with Gasteiger partial charge in [-0.1, -0.05) is 18.3 Å². The van der Waals surface area contributed by atoms with Gasteiger partial charge in [0.05, 0.1) is 18.8 Å². The first kappa shape index (κ1) is 9.57. The Labute approximate surface area is 76.1 Å². The Morgan fingerprint density at radius 2 is 2.50 bits per heavy atom. The summed E-state index contributed by atoms with van der Waals surface area (Å²) in [5, 5.41) is 5.75. The van der Waals surface area contributed by atoms with Crippen LogP contribution in [-0.4, -0.2) is 16.2 Å². The van der Waals surface area contributed by atoms with Crippen molar-refractivity contribution in [2.45, 2.75) is 20.4 Å². The predicted molar refractivity (Wildman–Crippen MR) is 47.5 cm³/mol. The lowest BCUT2D eigenvalue weighted by Crippen LogP contribution is -2.17. The summed E-state index contributed by atoms with van der Waals surface area (Å²) >= 11 is 1.35. The predicted octanol–water partition coefficient (Wildman–Crippen LogP) is 1.22. The molecule has 0 aromatic carbocycles. The molecule has 0 atom stereocenters. The van der Waals surface area contributed by atoms with E-state index < -0.39 is 0 Å². The Balaban J connectivity index is 2.04. The lowest BCUT2D eigenvalue weighted by Gasteiger charge is -2.05. The highest BCUT2D eigenvalue weighted by Crippen LogP contribution is 1.96. The molecule has 0 bridgehead atoms. The van der Waals surface area contributed by atoms with Gasteiger partial charge in [-0.3, -0.25) is 0 Å². The molecule has 0 aliphatic carbocycles. The maximum absolute atomic E-state index is 5.16. The molecule has 1 aromatic rings. The van der Waals surface area contributed by atoms with Crippen molar-refractivity contribution in [1.29, 1.82) is 0 Å². The van der Waals surface area contributed by atoms with Crippen LogP contribution in [-0.2, 0) is 11.4 Å². The fourth-order valence-electron chi connectivity index (χ4n) is 0.612. The van der Waals surface area contributed by atoms with Gasteiger partial charge in [-0.05, 0) is 17.5 Å². The standard InChI is InChI=1S/C7H13N3OS/c1-6(2)4-11-8-3-7-5-12-10-9-7/h5-6,8H,3-4H2,1-2H3. The van der Waals surface area contributed by atoms with Crippen molar-refractivity contribution >= 4 is 11.5 Å². The molecule has 1 heterocycles. The van der Waals surface area contributed by atoms with Crippen LogP contribution in [0.15, 0.2) is 5.38 Å². The van der Waals surface area contributed by atoms with E-state index in [0.29, 0.717) is 12.5 Å². The van der Waals surface area contributed by atoms with Gasteiger partial charge in [0, 0.05) is 5.38 Å². The van der Waals surface area contributed by atoms with E-state index in [1.54, 1.807) is 0 Å². The zero-order valence-corrected chi connectivity index (χ0v) is 8.10. The van der Waals surface area contributed by atoms with Gasteiger partial charge in [0.15, 0.2) is 0 Å². The van der Waals surface area contributed by atoms with Crippen molar-refractivity contribution in [3.05, 3.63) is 11.1 Å². The van der Waals surface area contributed by atoms with E-state index in [1.165, 1.54) is 11.5 Å². The molecule has 0 fully saturated rings. The summed E-state index contributed by atoms with van der Waals surface area (Å²) in [5.74, 6) is 0.547. The molecule has 1 aromatic heterocycles. The Morgan fingerprint density at radius 3 is 3.08 bits per heavy atom. The van der Waals surface area contributed by atoms with E-state index in [1.807, 2.05) is 5.38 Å². The van der Waals surface area contributed by atoms with Gasteiger partial charge in [-0.25, -0.2) is 0 Å². The molecule has 0 spiro atoms. The van der Waals surface area contributed by atoms with Crippen LogP contribution in [0.3, 0.4) is 0 Å². The molecule has 1 N–H and O–H groups in total. The van der Waals surface area contributed by atoms with Gasteiger partial charge in [-0.2, -0.15) is 5.48 Å². The minimum absolute atomic E-state index is 0.547. The molecule has 4 nitrogen and oxygen atoms in total. The highest BCUT2D eigenvalue weighted by atomic mass is 32.1. The first-order valence-corrected chi connectivity index (χ1v) is 4.73. The lowest BCUT2D eigenvalue weighted by molar-refractivity contribution is 0.0190. The number of hydrogen-bond acceptors (Lipinski definition) is 5. The summed E-state index contributed by atoms with van der Waals surface area (Å²) in [5.41, 5.74) is 3.74. The van der Waals surface area contributed by atoms with Crippen molar-refractivity contribution in [2.24, 2.45) is 5.92 Å². The van der Waals surface area contributed by atoms with Crippen LogP contribution in [0.2, 0.25) is 0 Å². The lowest BCUT2D eigenvalue weighted by atomic mass is 10.2. The first-order chi connectivity index (χ1) is 5.79. The largest absolute Gasteiger partial charge is 0.301 e. The molecular weight excluding hydrogens is 174 g/mol. The van der Waals surface area contributed by atoms with Crippen LogP contribution in [0.25, 0.3) is 0 Å². The fourth-order valence-corrected chi connectivity index (χ4v) is 1.06. The van der Waals surface area contributed by atoms with Crippen LogP contribution < -0.4 is 5.48 Å². The van der Waals surface area contributed by atoms with Crippen LogP contribution in [0, 0.1) is 5.92 Å². The van der Waals surface area contributed by atoms with Gasteiger partial charge < -0.3 is 4.84 Å². The van der Waals surface area contributed by atoms with E-state index in [-0.39, 0.29) is 0 Å². The summed E-state index contributed by atoms with van der Waals surface area (Å²) in [4.78, 5) is 5.16. The highest BCUT2D eigenvalue weighted by Gasteiger charge is 1.96. The van der Waals surface area contributed by atoms with Crippen molar-refractivity contribution < 1.29 is 4.84 Å². The first-order valence-electron chi connectivity index (χ1n) is 3.89. The molecule has 0 saturated carbocycles. The van der Waals surface area contributed by atoms with Gasteiger partial charge in [-0.15, -0.1) is 5.10 Å². The Hall–Kier alpha value is -0.520. The van der Waals surface area contributed by atoms with E-state index >= 15 is 0 Å². The molecule has 1 rings (SSSR count). The third-order valence-corrected chi connectivity index (χ3v) is 1.73. The Kier molecular flexibility index (Phi) is 4.13. The second kappa shape index (κ2) is 5.18. The van der Waals surface area contributed by atoms with Crippen LogP contribution in [0.1, 0.15) is 19.5 Å². The topological polar surface area (TPSA) is 47.0 Å². The fraction of sp³-hybridized carbons (Fsp3) is 0.714. The maximum atomic E-state index is 5.16. The second-order valence-corrected chi connectivity index (χ2v) is 3.53. The molecule has 0 unspecified atom stereocenters. The average molecular weight is 187 g/mol. The van der Waals surface area contributed by atoms with E-state index in [2.05, 4.69) is 28.9 Å². The number of hydrogen-bond donors (Lipinski definition) is 1. The molecule has 0 aliphatic rings. The third-order valence-electron chi connectivity index (χ3n) is 1.18. The van der Waals surface area contributed by atoms with Crippen LogP contribution in [0.5, 0.6) is 0 Å². The Bertz CT molecular complexity index is 200. The van der Waals surface area contributed by atoms with Crippen molar-refractivity contribution in [2.75, 3.05) is 6.61 Å². The Morgan fingerprint density at radius 1 is 1.67 bits per heavy atom. The summed E-state index contributed by atoms with van der Waals surface area (Å²) in [7, 11) is 0. The average Bonchev–Trinajstić information content (AvgIpc) is 2.49. The molecule has 5 heteroatoms. The van der Waals surface area contributed by atoms with Gasteiger partial charge in [0.2, 0.25) is 0 Å². The second-order valence-electron chi connectivity index (χ2n) is 2.92. The molecule has 12 heavy (non-hydrogen) atoms. The number of aromatic nitrogens is 2. The van der Waals surface area contributed by atoms with Crippen LogP contribution >= 0.6 is 11.5 Å². The maximum Gasteiger partial charge on any atom is 0.0917 e. The summed E-state index contributed by atoms with van der Waals surface area (Å²) in [6.45, 7) is 5.55. The SMILES string of the molecule is CC(C)CONCc1csnn1. The van der Waals surface area contributed by atoms with Crippen LogP contribution in [0.4, 0.5) is 0 Å². The van der Waals surface area contributed by atoms with E-state index in [0.717, 1.165) is 12.3 Å². The summed E-state index contributed by atoms with van der Waals surface area (Å²) < 4.78 is 3.73. The van der Waals surface area contributed by atoms with E-state index in [4.69, 9.17) is 4.84 Å². The number of nitrogens with one attached hydrogen (secondary N) is 1. The third kappa shape index (κ3) is 3.75. The number of hydroxylamine groups is 1. The van der Waals surface area contributed by atoms with Gasteiger partial charge >= 0.3 is 0 Å². The minimum atomic E-state index is 0.547. The quantitative estimate of drug-likeness (QED) is 0.556. The molecule has 0 aliphatic heterocycles. The molecule has 68 valence electrons. The molecular formula is C7H13N3OS. The molecule has 0 amide bonds. The van der Waals surface area contributed by atoms with E-state index in [9.17, 15) is 0 Å². The minimum Gasteiger partial charge on any atom is -0.301 e. The highest BCUT2D eigenvalue weighted by molar-refractivity contribution is 7.03. The number of rotatable bonds is 5. The molecule has 0 saturated heterocycles. The normalized spacial score (nSPS) is 10.9. The van der Waals surface area contributed by atoms with Crippen molar-refractivity contribution in [1.82, 2.24) is 15.1 Å². The molecule has 0 radical (unpaired) electrons. The zero-order chi connectivity index (χ0) is 8.81. The van der Waals surface area contributed by atoms with Gasteiger partial charge in [0.1, 0.15) is 0 Å². The monoisotopic (exact) mass is 187 g/mol. The van der Waals surface area contributed by atoms with Gasteiger partial charge in [0.25, 0.3) is 0 Å². The smallest absolute Gasteiger partial charge is 0.0917 e. The summed E-state index contributed by atoms with van der Waals surface area (Å²) in [6, 6.07) is 0. The number of nitrogens with zero attached hydrogens (tertiary/aromatic N) is 2. The zero-order valence-electron chi connectivity index (χ0n) is 7.28. The summed E-state index contributed by atoms with van der Waals surface area (Å²) in [6.07, 6.45) is 0. The van der Waals surface area contributed by atoms with Crippen molar-refractivity contribution in [3.8, 4) is 0 Å².